The Morgan fingerprint density at radius 1 is 1.32 bits per heavy atom. The standard InChI is InChI=1S/C16H19N3O2.ClH/c17-11-13-8-4-5-9-19(13)16(20)14-10-15(21-18-14)12-6-2-1-3-7-12;/h1-3,6-7,10,13H,4-5,8-9,11,17H2;1H. The molecule has 1 aromatic carbocycles. The third-order valence-corrected chi connectivity index (χ3v) is 3.95. The number of nitrogens with zero attached hydrogens (tertiary/aromatic N) is 2. The summed E-state index contributed by atoms with van der Waals surface area (Å²) in [4.78, 5) is 14.4. The van der Waals surface area contributed by atoms with Crippen molar-refractivity contribution in [3.05, 3.63) is 42.1 Å². The molecule has 0 spiro atoms. The second-order valence-corrected chi connectivity index (χ2v) is 5.33. The molecule has 118 valence electrons. The maximum Gasteiger partial charge on any atom is 0.276 e. The Morgan fingerprint density at radius 2 is 2.09 bits per heavy atom. The molecule has 0 aliphatic carbocycles. The van der Waals surface area contributed by atoms with Crippen LogP contribution in [-0.4, -0.2) is 35.1 Å². The third kappa shape index (κ3) is 3.31. The average Bonchev–Trinajstić information content (AvgIpc) is 3.05. The van der Waals surface area contributed by atoms with Crippen molar-refractivity contribution < 1.29 is 9.32 Å². The van der Waals surface area contributed by atoms with Crippen LogP contribution in [0.15, 0.2) is 40.9 Å². The van der Waals surface area contributed by atoms with Gasteiger partial charge in [0.15, 0.2) is 11.5 Å². The molecule has 6 heteroatoms. The van der Waals surface area contributed by atoms with Gasteiger partial charge in [-0.25, -0.2) is 0 Å². The molecule has 1 aromatic heterocycles. The lowest BCUT2D eigenvalue weighted by Gasteiger charge is -2.34. The van der Waals surface area contributed by atoms with Gasteiger partial charge < -0.3 is 15.2 Å². The summed E-state index contributed by atoms with van der Waals surface area (Å²) in [7, 11) is 0. The molecule has 1 aliphatic heterocycles. The molecule has 5 nitrogen and oxygen atoms in total. The first-order valence-electron chi connectivity index (χ1n) is 7.33. The molecular formula is C16H20ClN3O2. The van der Waals surface area contributed by atoms with Crippen LogP contribution in [0.4, 0.5) is 0 Å². The molecule has 2 N–H and O–H groups in total. The zero-order valence-corrected chi connectivity index (χ0v) is 13.1. The van der Waals surface area contributed by atoms with Gasteiger partial charge in [0.05, 0.1) is 0 Å². The second-order valence-electron chi connectivity index (χ2n) is 5.33. The van der Waals surface area contributed by atoms with E-state index >= 15 is 0 Å². The Morgan fingerprint density at radius 3 is 2.82 bits per heavy atom. The second kappa shape index (κ2) is 7.42. The average molecular weight is 322 g/mol. The molecule has 2 heterocycles. The number of benzene rings is 1. The molecule has 0 radical (unpaired) electrons. The molecule has 3 rings (SSSR count). The van der Waals surface area contributed by atoms with Gasteiger partial charge in [-0.2, -0.15) is 0 Å². The summed E-state index contributed by atoms with van der Waals surface area (Å²) in [5.41, 5.74) is 7.04. The molecule has 1 unspecified atom stereocenters. The quantitative estimate of drug-likeness (QED) is 0.943. The highest BCUT2D eigenvalue weighted by Gasteiger charge is 2.28. The van der Waals surface area contributed by atoms with Crippen molar-refractivity contribution in [3.63, 3.8) is 0 Å². The number of piperidine rings is 1. The van der Waals surface area contributed by atoms with Gasteiger partial charge in [-0.1, -0.05) is 35.5 Å². The number of aromatic nitrogens is 1. The van der Waals surface area contributed by atoms with Crippen LogP contribution < -0.4 is 5.73 Å². The van der Waals surface area contributed by atoms with Crippen LogP contribution in [0, 0.1) is 0 Å². The van der Waals surface area contributed by atoms with Crippen molar-refractivity contribution in [1.29, 1.82) is 0 Å². The zero-order valence-electron chi connectivity index (χ0n) is 12.3. The van der Waals surface area contributed by atoms with Crippen molar-refractivity contribution in [2.45, 2.75) is 25.3 Å². The van der Waals surface area contributed by atoms with Gasteiger partial charge in [0.1, 0.15) is 0 Å². The van der Waals surface area contributed by atoms with E-state index in [9.17, 15) is 4.79 Å². The normalized spacial score (nSPS) is 17.9. The van der Waals surface area contributed by atoms with Crippen molar-refractivity contribution in [2.75, 3.05) is 13.1 Å². The van der Waals surface area contributed by atoms with E-state index in [1.165, 1.54) is 0 Å². The van der Waals surface area contributed by atoms with Crippen molar-refractivity contribution >= 4 is 18.3 Å². The molecule has 22 heavy (non-hydrogen) atoms. The van der Waals surface area contributed by atoms with Gasteiger partial charge in [0.25, 0.3) is 5.91 Å². The van der Waals surface area contributed by atoms with Gasteiger partial charge in [-0.3, -0.25) is 4.79 Å². The lowest BCUT2D eigenvalue weighted by atomic mass is 10.0. The van der Waals surface area contributed by atoms with E-state index in [-0.39, 0.29) is 24.4 Å². The number of likely N-dealkylation sites (tertiary alicyclic amines) is 1. The van der Waals surface area contributed by atoms with E-state index < -0.39 is 0 Å². The van der Waals surface area contributed by atoms with Gasteiger partial charge in [0, 0.05) is 30.8 Å². The molecular weight excluding hydrogens is 302 g/mol. The lowest BCUT2D eigenvalue weighted by molar-refractivity contribution is 0.0613. The van der Waals surface area contributed by atoms with E-state index in [4.69, 9.17) is 10.3 Å². The summed E-state index contributed by atoms with van der Waals surface area (Å²) >= 11 is 0. The lowest BCUT2D eigenvalue weighted by Crippen LogP contribution is -2.47. The smallest absolute Gasteiger partial charge is 0.276 e. The van der Waals surface area contributed by atoms with E-state index in [0.717, 1.165) is 31.4 Å². The topological polar surface area (TPSA) is 72.4 Å². The van der Waals surface area contributed by atoms with Crippen LogP contribution in [0.2, 0.25) is 0 Å². The molecule has 2 aromatic rings. The van der Waals surface area contributed by atoms with E-state index in [0.29, 0.717) is 18.0 Å². The minimum absolute atomic E-state index is 0. The van der Waals surface area contributed by atoms with Gasteiger partial charge in [0.2, 0.25) is 0 Å². The Kier molecular flexibility index (Phi) is 5.57. The van der Waals surface area contributed by atoms with Crippen LogP contribution in [0.25, 0.3) is 11.3 Å². The summed E-state index contributed by atoms with van der Waals surface area (Å²) < 4.78 is 5.30. The minimum atomic E-state index is -0.0870. The number of carbonyl (C=O) groups is 1. The number of carbonyl (C=O) groups excluding carboxylic acids is 1. The van der Waals surface area contributed by atoms with E-state index in [1.54, 1.807) is 6.07 Å². The van der Waals surface area contributed by atoms with Crippen LogP contribution in [-0.2, 0) is 0 Å². The Bertz CT molecular complexity index is 615. The third-order valence-electron chi connectivity index (χ3n) is 3.95. The fourth-order valence-electron chi connectivity index (χ4n) is 2.77. The fraction of sp³-hybridized carbons (Fsp3) is 0.375. The number of amides is 1. The largest absolute Gasteiger partial charge is 0.355 e. The highest BCUT2D eigenvalue weighted by atomic mass is 35.5. The summed E-state index contributed by atoms with van der Waals surface area (Å²) in [6, 6.07) is 11.5. The molecule has 1 amide bonds. The number of nitrogens with two attached hydrogens (primary N) is 1. The predicted molar refractivity (Wildman–Crippen MR) is 86.9 cm³/mol. The minimum Gasteiger partial charge on any atom is -0.355 e. The molecule has 1 saturated heterocycles. The van der Waals surface area contributed by atoms with Crippen LogP contribution >= 0.6 is 12.4 Å². The predicted octanol–water partition coefficient (Wildman–Crippen LogP) is 2.72. The highest BCUT2D eigenvalue weighted by Crippen LogP contribution is 2.23. The zero-order chi connectivity index (χ0) is 14.7. The maximum atomic E-state index is 12.6. The summed E-state index contributed by atoms with van der Waals surface area (Å²) in [5, 5.41) is 3.93. The van der Waals surface area contributed by atoms with Crippen molar-refractivity contribution in [2.24, 2.45) is 5.73 Å². The first-order valence-corrected chi connectivity index (χ1v) is 7.33. The molecule has 0 bridgehead atoms. The Balaban J connectivity index is 0.00000176. The first-order chi connectivity index (χ1) is 10.3. The van der Waals surface area contributed by atoms with Gasteiger partial charge in [-0.15, -0.1) is 12.4 Å². The Labute approximate surface area is 135 Å². The number of hydrogen-bond donors (Lipinski definition) is 1. The fourth-order valence-corrected chi connectivity index (χ4v) is 2.77. The van der Waals surface area contributed by atoms with Crippen LogP contribution in [0.1, 0.15) is 29.8 Å². The SMILES string of the molecule is Cl.NCC1CCCCN1C(=O)c1cc(-c2ccccc2)on1. The number of halogens is 1. The Hall–Kier alpha value is -1.85. The molecule has 1 fully saturated rings. The molecule has 1 atom stereocenters. The number of rotatable bonds is 3. The molecule has 1 aliphatic rings. The molecule has 0 saturated carbocycles. The summed E-state index contributed by atoms with van der Waals surface area (Å²) in [6.07, 6.45) is 3.11. The maximum absolute atomic E-state index is 12.6. The van der Waals surface area contributed by atoms with E-state index in [1.807, 2.05) is 35.2 Å². The van der Waals surface area contributed by atoms with Crippen molar-refractivity contribution in [3.8, 4) is 11.3 Å². The monoisotopic (exact) mass is 321 g/mol. The van der Waals surface area contributed by atoms with Crippen LogP contribution in [0.3, 0.4) is 0 Å². The van der Waals surface area contributed by atoms with Crippen molar-refractivity contribution in [1.82, 2.24) is 10.1 Å². The number of hydrogen-bond acceptors (Lipinski definition) is 4. The first kappa shape index (κ1) is 16.5. The van der Waals surface area contributed by atoms with E-state index in [2.05, 4.69) is 5.16 Å². The van der Waals surface area contributed by atoms with Crippen LogP contribution in [0.5, 0.6) is 0 Å². The van der Waals surface area contributed by atoms with Gasteiger partial charge >= 0.3 is 0 Å². The highest BCUT2D eigenvalue weighted by molar-refractivity contribution is 5.93. The summed E-state index contributed by atoms with van der Waals surface area (Å²) in [5.74, 6) is 0.524. The summed E-state index contributed by atoms with van der Waals surface area (Å²) in [6.45, 7) is 1.24. The van der Waals surface area contributed by atoms with Gasteiger partial charge in [-0.05, 0) is 19.3 Å².